The minimum atomic E-state index is -1.82. The summed E-state index contributed by atoms with van der Waals surface area (Å²) >= 11 is 0. The van der Waals surface area contributed by atoms with Crippen molar-refractivity contribution < 1.29 is 82.3 Å². The van der Waals surface area contributed by atoms with Crippen LogP contribution in [0.1, 0.15) is 116 Å². The number of rotatable bonds is 20. The average molecular weight is 1030 g/mol. The van der Waals surface area contributed by atoms with Crippen molar-refractivity contribution >= 4 is 30.3 Å². The van der Waals surface area contributed by atoms with Crippen LogP contribution in [-0.4, -0.2) is 203 Å². The Labute approximate surface area is 424 Å². The summed E-state index contributed by atoms with van der Waals surface area (Å²) in [5, 5.41) is 56.8. The lowest BCUT2D eigenvalue weighted by molar-refractivity contribution is -0.276. The van der Waals surface area contributed by atoms with Crippen LogP contribution >= 0.6 is 0 Å². The summed E-state index contributed by atoms with van der Waals surface area (Å²) in [5.74, 6) is -0.540. The highest BCUT2D eigenvalue weighted by molar-refractivity contribution is 5.81. The van der Waals surface area contributed by atoms with E-state index in [4.69, 9.17) is 43.6 Å². The summed E-state index contributed by atoms with van der Waals surface area (Å²) in [6, 6.07) is -4.13. The molecule has 24 heteroatoms. The summed E-state index contributed by atoms with van der Waals surface area (Å²) in [6.45, 7) is 22.2. The van der Waals surface area contributed by atoms with Crippen molar-refractivity contribution in [2.45, 2.75) is 205 Å². The van der Waals surface area contributed by atoms with Crippen LogP contribution in [0.3, 0.4) is 0 Å². The zero-order valence-corrected chi connectivity index (χ0v) is 44.9. The number of aliphatic hydroxyl groups excluding tert-OH is 4. The van der Waals surface area contributed by atoms with Crippen LogP contribution in [-0.2, 0) is 42.7 Å². The second-order valence-electron chi connectivity index (χ2n) is 22.5. The molecule has 1 aliphatic carbocycles. The molecule has 3 rings (SSSR count). The molecule has 2 aliphatic heterocycles. The number of nitrogens with zero attached hydrogens (tertiary/aromatic N) is 2. The Balaban J connectivity index is 2.05. The van der Waals surface area contributed by atoms with Crippen molar-refractivity contribution in [3.05, 3.63) is 11.8 Å². The van der Waals surface area contributed by atoms with E-state index in [1.807, 2.05) is 0 Å². The number of nitrogens with two attached hydrogens (primary N) is 1. The van der Waals surface area contributed by atoms with Crippen LogP contribution < -0.4 is 27.0 Å². The molecule has 0 bridgehead atoms. The number of hydrogen-bond donors (Lipinski definition) is 9. The van der Waals surface area contributed by atoms with Crippen LogP contribution in [0.25, 0.3) is 0 Å². The lowest BCUT2D eigenvalue weighted by atomic mass is 9.83. The van der Waals surface area contributed by atoms with E-state index in [0.29, 0.717) is 38.2 Å². The third-order valence-corrected chi connectivity index (χ3v) is 11.4. The molecule has 416 valence electrons. The lowest BCUT2D eigenvalue weighted by Crippen LogP contribution is -2.68. The van der Waals surface area contributed by atoms with Crippen LogP contribution in [0.15, 0.2) is 11.8 Å². The number of carbonyl (C=O) groups excluding carboxylic acids is 5. The van der Waals surface area contributed by atoms with Crippen molar-refractivity contribution in [1.29, 1.82) is 0 Å². The predicted octanol–water partition coefficient (Wildman–Crippen LogP) is 1.93. The van der Waals surface area contributed by atoms with Gasteiger partial charge in [0.15, 0.2) is 6.29 Å². The molecule has 12 atom stereocenters. The molecule has 0 spiro atoms. The molecular weight excluding hydrogens is 947 g/mol. The molecule has 2 fully saturated rings. The molecule has 5 amide bonds. The van der Waals surface area contributed by atoms with Gasteiger partial charge in [-0.3, -0.25) is 4.79 Å². The normalized spacial score (nSPS) is 25.7. The number of hydrogen-bond acceptors (Lipinski definition) is 19. The predicted molar refractivity (Wildman–Crippen MR) is 261 cm³/mol. The van der Waals surface area contributed by atoms with Crippen molar-refractivity contribution in [3.8, 4) is 0 Å². The number of nitrogens with one attached hydrogen (secondary N) is 4. The molecule has 0 radical (unpaired) electrons. The van der Waals surface area contributed by atoms with Crippen molar-refractivity contribution in [2.75, 3.05) is 53.0 Å². The average Bonchev–Trinajstić information content (AvgIpc) is 3.73. The second-order valence-corrected chi connectivity index (χ2v) is 22.5. The van der Waals surface area contributed by atoms with E-state index in [2.05, 4.69) is 21.3 Å². The van der Waals surface area contributed by atoms with Gasteiger partial charge in [0, 0.05) is 33.2 Å². The zero-order valence-electron chi connectivity index (χ0n) is 44.9. The van der Waals surface area contributed by atoms with Gasteiger partial charge in [-0.15, -0.1) is 0 Å². The van der Waals surface area contributed by atoms with Gasteiger partial charge in [0.05, 0.1) is 43.9 Å². The number of aliphatic hydroxyl groups is 4. The van der Waals surface area contributed by atoms with E-state index < -0.39 is 127 Å². The van der Waals surface area contributed by atoms with E-state index in [-0.39, 0.29) is 38.5 Å². The molecule has 3 aliphatic rings. The molecule has 0 aromatic heterocycles. The smallest absolute Gasteiger partial charge is 0.410 e. The van der Waals surface area contributed by atoms with Crippen LogP contribution in [0, 0.1) is 5.92 Å². The van der Waals surface area contributed by atoms with Gasteiger partial charge >= 0.3 is 24.4 Å². The highest BCUT2D eigenvalue weighted by Crippen LogP contribution is 2.32. The van der Waals surface area contributed by atoms with Gasteiger partial charge in [-0.05, 0) is 128 Å². The molecular formula is C48H87N7O17. The third kappa shape index (κ3) is 20.9. The fourth-order valence-corrected chi connectivity index (χ4v) is 7.88. The van der Waals surface area contributed by atoms with Crippen LogP contribution in [0.4, 0.5) is 19.2 Å². The van der Waals surface area contributed by atoms with E-state index >= 15 is 0 Å². The summed E-state index contributed by atoms with van der Waals surface area (Å²) in [4.78, 5) is 68.5. The molecule has 2 heterocycles. The molecule has 0 aromatic carbocycles. The zero-order chi connectivity index (χ0) is 54.5. The molecule has 1 unspecified atom stereocenters. The fourth-order valence-electron chi connectivity index (χ4n) is 7.88. The first-order valence-corrected chi connectivity index (χ1v) is 24.8. The van der Waals surface area contributed by atoms with Gasteiger partial charge in [0.2, 0.25) is 12.2 Å². The topological polar surface area (TPSA) is 321 Å². The molecule has 0 aromatic rings. The number of likely N-dealkylation sites (tertiary alicyclic amines) is 1. The Morgan fingerprint density at radius 1 is 0.861 bits per heavy atom. The number of likely N-dealkylation sites (N-methyl/N-ethyl adjacent to an activating group) is 1. The Morgan fingerprint density at radius 2 is 1.46 bits per heavy atom. The van der Waals surface area contributed by atoms with E-state index in [0.717, 1.165) is 4.90 Å². The Morgan fingerprint density at radius 3 is 2.04 bits per heavy atom. The van der Waals surface area contributed by atoms with Gasteiger partial charge in [-0.2, -0.15) is 0 Å². The first kappa shape index (κ1) is 62.0. The van der Waals surface area contributed by atoms with Crippen LogP contribution in [0.5, 0.6) is 0 Å². The highest BCUT2D eigenvalue weighted by atomic mass is 16.7. The first-order valence-electron chi connectivity index (χ1n) is 24.8. The van der Waals surface area contributed by atoms with Crippen LogP contribution in [0.2, 0.25) is 0 Å². The maximum Gasteiger partial charge on any atom is 0.410 e. The quantitative estimate of drug-likeness (QED) is 0.0621. The summed E-state index contributed by atoms with van der Waals surface area (Å²) in [6.07, 6.45) is -11.7. The van der Waals surface area contributed by atoms with Gasteiger partial charge in [0.1, 0.15) is 58.7 Å². The molecule has 72 heavy (non-hydrogen) atoms. The highest BCUT2D eigenvalue weighted by Gasteiger charge is 2.51. The van der Waals surface area contributed by atoms with E-state index in [1.54, 1.807) is 94.1 Å². The van der Waals surface area contributed by atoms with Gasteiger partial charge in [0.25, 0.3) is 0 Å². The van der Waals surface area contributed by atoms with Crippen molar-refractivity contribution in [2.24, 2.45) is 11.7 Å². The van der Waals surface area contributed by atoms with Gasteiger partial charge in [-0.1, -0.05) is 0 Å². The van der Waals surface area contributed by atoms with Crippen molar-refractivity contribution in [1.82, 2.24) is 31.1 Å². The largest absolute Gasteiger partial charge is 0.467 e. The third-order valence-electron chi connectivity index (χ3n) is 11.4. The maximum absolute atomic E-state index is 13.8. The lowest BCUT2D eigenvalue weighted by Gasteiger charge is -2.48. The number of ether oxygens (including phenoxy) is 8. The van der Waals surface area contributed by atoms with E-state index in [9.17, 15) is 44.4 Å². The summed E-state index contributed by atoms with van der Waals surface area (Å²) in [5.41, 5.74) is 2.73. The first-order chi connectivity index (χ1) is 33.2. The molecule has 10 N–H and O–H groups in total. The number of carbonyl (C=O) groups is 5. The maximum atomic E-state index is 13.8. The van der Waals surface area contributed by atoms with Gasteiger partial charge in [-0.25, -0.2) is 19.2 Å². The Kier molecular flexibility index (Phi) is 23.1. The number of alkyl carbamates (subject to hydrolysis) is 2. The minimum Gasteiger partial charge on any atom is -0.467 e. The monoisotopic (exact) mass is 1030 g/mol. The molecule has 1 saturated carbocycles. The fraction of sp³-hybridized carbons (Fsp3) is 0.854. The summed E-state index contributed by atoms with van der Waals surface area (Å²) in [7, 11) is 1.39. The van der Waals surface area contributed by atoms with Gasteiger partial charge < -0.3 is 95.1 Å². The second kappa shape index (κ2) is 26.8. The Hall–Kier alpha value is -4.27. The Bertz CT molecular complexity index is 1800. The number of amides is 5. The minimum absolute atomic E-state index is 0.0000134. The molecule has 1 saturated heterocycles. The van der Waals surface area contributed by atoms with E-state index in [1.165, 1.54) is 14.0 Å². The standard InChI is InChI=1S/C48H87N7O17/c1-27(54(14)43(63)71-47(8,9)10)34(58)40(65-22-21-56)68-36-31(52-38(60)33(57)17-19-50-41(61)69-45(2,3)4)23-32(53-42(62)70-46(5,6)7)37(35(36)59)67-39-30(16-15-29(24-49)66-39)51-25-28-18-20-55(26-28)44(64)72-48(11,12)13/h15,27-28,30-37,39-40,51,56-59H,16-26,49H2,1-14H3,(H,50,61)(H,52,60)(H,53,62)/t27-,28?,30+,31+,32-,33-,34+,35+,36-,37+,39+,40+/m0/s1. The van der Waals surface area contributed by atoms with Crippen molar-refractivity contribution in [3.63, 3.8) is 0 Å². The SMILES string of the molecule is C[C@@H]([C@@H](O)[C@H](OCCO)O[C@@H]1[C@@H](O)[C@H](O[C@H]2OC(CN)=CC[C@H]2NCC2CCN(C(=O)OC(C)(C)C)C2)[C@@H](NC(=O)OC(C)(C)C)C[C@H]1NC(=O)[C@@H](O)CCNC(=O)OC(C)(C)C)N(C)C(=O)OC(C)(C)C. The summed E-state index contributed by atoms with van der Waals surface area (Å²) < 4.78 is 47.2. The molecule has 24 nitrogen and oxygen atoms in total.